The summed E-state index contributed by atoms with van der Waals surface area (Å²) >= 11 is 6.03. The third-order valence-corrected chi connectivity index (χ3v) is 7.41. The second kappa shape index (κ2) is 9.18. The van der Waals surface area contributed by atoms with Gasteiger partial charge in [0.15, 0.2) is 5.03 Å². The number of carbonyl (C=O) groups excluding carboxylic acids is 1. The highest BCUT2D eigenvalue weighted by Crippen LogP contribution is 2.28. The van der Waals surface area contributed by atoms with Crippen LogP contribution in [0.15, 0.2) is 58.6 Å². The summed E-state index contributed by atoms with van der Waals surface area (Å²) in [6, 6.07) is 10.3. The molecule has 0 atom stereocenters. The summed E-state index contributed by atoms with van der Waals surface area (Å²) in [5, 5.41) is 5.55. The van der Waals surface area contributed by atoms with E-state index < -0.39 is 31.0 Å². The second-order valence-corrected chi connectivity index (χ2v) is 10.2. The Balaban J connectivity index is 1.93. The van der Waals surface area contributed by atoms with Gasteiger partial charge >= 0.3 is 5.97 Å². The number of sulfonamides is 2. The van der Waals surface area contributed by atoms with Crippen LogP contribution in [0, 0.1) is 6.92 Å². The summed E-state index contributed by atoms with van der Waals surface area (Å²) in [6.45, 7) is 3.19. The van der Waals surface area contributed by atoms with Crippen molar-refractivity contribution >= 4 is 49.0 Å². The van der Waals surface area contributed by atoms with Gasteiger partial charge in [-0.1, -0.05) is 29.8 Å². The zero-order chi connectivity index (χ0) is 23.5. The van der Waals surface area contributed by atoms with E-state index in [4.69, 9.17) is 16.3 Å². The number of esters is 1. The molecule has 2 aromatic carbocycles. The molecule has 0 radical (unpaired) electrons. The maximum atomic E-state index is 12.9. The number of nitrogens with one attached hydrogen (secondary N) is 3. The van der Waals surface area contributed by atoms with Crippen molar-refractivity contribution in [1.82, 2.24) is 10.2 Å². The number of hydrogen-bond acceptors (Lipinski definition) is 7. The zero-order valence-corrected chi connectivity index (χ0v) is 19.3. The minimum atomic E-state index is -4.31. The SMILES string of the molecule is CCOC(=O)c1cn[nH]c1S(=O)(=O)Nc1ccc(C)c(S(=O)(=O)Nc2ccccc2Cl)c1. The molecule has 3 N–H and O–H groups in total. The van der Waals surface area contributed by atoms with E-state index in [0.717, 1.165) is 12.3 Å². The largest absolute Gasteiger partial charge is 0.462 e. The number of nitrogens with zero attached hydrogens (tertiary/aromatic N) is 1. The molecule has 0 bridgehead atoms. The molecule has 0 spiro atoms. The van der Waals surface area contributed by atoms with Crippen LogP contribution >= 0.6 is 11.6 Å². The quantitative estimate of drug-likeness (QED) is 0.404. The molecule has 3 aromatic rings. The third kappa shape index (κ3) is 5.03. The van der Waals surface area contributed by atoms with Crippen LogP contribution in [-0.4, -0.2) is 39.6 Å². The van der Waals surface area contributed by atoms with E-state index in [1.54, 1.807) is 26.0 Å². The predicted octanol–water partition coefficient (Wildman–Crippen LogP) is 3.15. The van der Waals surface area contributed by atoms with E-state index in [1.807, 2.05) is 0 Å². The van der Waals surface area contributed by atoms with Crippen LogP contribution in [0.3, 0.4) is 0 Å². The highest BCUT2D eigenvalue weighted by atomic mass is 35.5. The topological polar surface area (TPSA) is 147 Å². The zero-order valence-electron chi connectivity index (χ0n) is 16.9. The minimum Gasteiger partial charge on any atom is -0.462 e. The van der Waals surface area contributed by atoms with Crippen molar-refractivity contribution in [1.29, 1.82) is 0 Å². The Kier molecular flexibility index (Phi) is 6.77. The first kappa shape index (κ1) is 23.6. The van der Waals surface area contributed by atoms with Crippen LogP contribution in [0.25, 0.3) is 0 Å². The van der Waals surface area contributed by atoms with Crippen molar-refractivity contribution in [2.24, 2.45) is 0 Å². The van der Waals surface area contributed by atoms with E-state index >= 15 is 0 Å². The van der Waals surface area contributed by atoms with Gasteiger partial charge in [-0.05, 0) is 43.7 Å². The number of anilines is 2. The van der Waals surface area contributed by atoms with Gasteiger partial charge in [0.1, 0.15) is 5.56 Å². The smallest absolute Gasteiger partial charge is 0.342 e. The fraction of sp³-hybridized carbons (Fsp3) is 0.158. The van der Waals surface area contributed by atoms with Crippen LogP contribution in [0.1, 0.15) is 22.8 Å². The number of aromatic amines is 1. The molecule has 0 saturated carbocycles. The van der Waals surface area contributed by atoms with E-state index in [9.17, 15) is 21.6 Å². The van der Waals surface area contributed by atoms with Crippen LogP contribution in [0.2, 0.25) is 5.02 Å². The summed E-state index contributed by atoms with van der Waals surface area (Å²) < 4.78 is 60.9. The number of carbonyl (C=O) groups is 1. The molecular formula is C19H19ClN4O6S2. The summed E-state index contributed by atoms with van der Waals surface area (Å²) in [7, 11) is -8.40. The number of aryl methyl sites for hydroxylation is 1. The predicted molar refractivity (Wildman–Crippen MR) is 119 cm³/mol. The number of benzene rings is 2. The van der Waals surface area contributed by atoms with Crippen molar-refractivity contribution in [3.8, 4) is 0 Å². The molecule has 0 unspecified atom stereocenters. The Bertz CT molecular complexity index is 1370. The minimum absolute atomic E-state index is 0.0421. The number of hydrogen-bond donors (Lipinski definition) is 3. The standard InChI is InChI=1S/C19H19ClN4O6S2/c1-3-30-19(25)14-11-21-22-18(14)32(28,29)23-13-9-8-12(2)17(10-13)31(26,27)24-16-7-5-4-6-15(16)20/h4-11,23-24H,3H2,1-2H3,(H,21,22). The van der Waals surface area contributed by atoms with Crippen LogP contribution in [-0.2, 0) is 24.8 Å². The van der Waals surface area contributed by atoms with Gasteiger partial charge in [0.2, 0.25) is 0 Å². The normalized spacial score (nSPS) is 11.7. The lowest BCUT2D eigenvalue weighted by atomic mass is 10.2. The van der Waals surface area contributed by atoms with Crippen molar-refractivity contribution < 1.29 is 26.4 Å². The lowest BCUT2D eigenvalue weighted by molar-refractivity contribution is 0.0522. The molecule has 0 saturated heterocycles. The average Bonchev–Trinajstić information content (AvgIpc) is 3.22. The molecule has 0 aliphatic heterocycles. The maximum Gasteiger partial charge on any atom is 0.342 e. The monoisotopic (exact) mass is 498 g/mol. The van der Waals surface area contributed by atoms with Crippen LogP contribution < -0.4 is 9.44 Å². The summed E-state index contributed by atoms with van der Waals surface area (Å²) in [5.41, 5.74) is 0.233. The summed E-state index contributed by atoms with van der Waals surface area (Å²) in [6.07, 6.45) is 1.03. The molecule has 170 valence electrons. The molecule has 13 heteroatoms. The lowest BCUT2D eigenvalue weighted by Gasteiger charge is -2.14. The Morgan fingerprint density at radius 1 is 1.09 bits per heavy atom. The summed E-state index contributed by atoms with van der Waals surface area (Å²) in [5.74, 6) is -0.863. The van der Waals surface area contributed by atoms with Crippen molar-refractivity contribution in [2.45, 2.75) is 23.8 Å². The molecule has 32 heavy (non-hydrogen) atoms. The lowest BCUT2D eigenvalue weighted by Crippen LogP contribution is -2.19. The number of ether oxygens (including phenoxy) is 1. The Morgan fingerprint density at radius 2 is 1.81 bits per heavy atom. The Hall–Kier alpha value is -3.09. The molecule has 0 aliphatic carbocycles. The number of para-hydroxylation sites is 1. The fourth-order valence-electron chi connectivity index (χ4n) is 2.74. The molecule has 0 fully saturated rings. The number of halogens is 1. The van der Waals surface area contributed by atoms with Gasteiger partial charge in [-0.25, -0.2) is 13.2 Å². The Morgan fingerprint density at radius 3 is 2.50 bits per heavy atom. The molecule has 10 nitrogen and oxygen atoms in total. The van der Waals surface area contributed by atoms with Crippen LogP contribution in [0.5, 0.6) is 0 Å². The van der Waals surface area contributed by atoms with Gasteiger partial charge in [0, 0.05) is 0 Å². The van der Waals surface area contributed by atoms with Gasteiger partial charge in [-0.2, -0.15) is 13.5 Å². The third-order valence-electron chi connectivity index (χ3n) is 4.22. The maximum absolute atomic E-state index is 12.9. The van der Waals surface area contributed by atoms with Gasteiger partial charge in [0.25, 0.3) is 20.0 Å². The van der Waals surface area contributed by atoms with E-state index in [1.165, 1.54) is 24.3 Å². The average molecular weight is 499 g/mol. The highest BCUT2D eigenvalue weighted by molar-refractivity contribution is 7.93. The highest BCUT2D eigenvalue weighted by Gasteiger charge is 2.27. The summed E-state index contributed by atoms with van der Waals surface area (Å²) in [4.78, 5) is 11.8. The van der Waals surface area contributed by atoms with Gasteiger partial charge in [-0.15, -0.1) is 0 Å². The number of H-pyrrole nitrogens is 1. The second-order valence-electron chi connectivity index (χ2n) is 6.50. The molecule has 0 aliphatic rings. The first-order chi connectivity index (χ1) is 15.0. The Labute approximate surface area is 190 Å². The van der Waals surface area contributed by atoms with Gasteiger partial charge in [-0.3, -0.25) is 14.5 Å². The van der Waals surface area contributed by atoms with Crippen molar-refractivity contribution in [3.63, 3.8) is 0 Å². The number of rotatable bonds is 8. The molecule has 3 rings (SSSR count). The molecule has 0 amide bonds. The fourth-order valence-corrected chi connectivity index (χ4v) is 5.46. The molecule has 1 aromatic heterocycles. The van der Waals surface area contributed by atoms with Crippen molar-refractivity contribution in [2.75, 3.05) is 16.1 Å². The molecule has 1 heterocycles. The van der Waals surface area contributed by atoms with Crippen molar-refractivity contribution in [3.05, 3.63) is 64.8 Å². The van der Waals surface area contributed by atoms with E-state index in [0.29, 0.717) is 5.56 Å². The first-order valence-electron chi connectivity index (χ1n) is 9.16. The van der Waals surface area contributed by atoms with E-state index in [-0.39, 0.29) is 33.5 Å². The van der Waals surface area contributed by atoms with E-state index in [2.05, 4.69) is 19.6 Å². The van der Waals surface area contributed by atoms with Gasteiger partial charge < -0.3 is 4.74 Å². The number of aromatic nitrogens is 2. The first-order valence-corrected chi connectivity index (χ1v) is 12.5. The van der Waals surface area contributed by atoms with Crippen LogP contribution in [0.4, 0.5) is 11.4 Å². The van der Waals surface area contributed by atoms with Gasteiger partial charge in [0.05, 0.1) is 34.1 Å². The molecular weight excluding hydrogens is 480 g/mol.